The maximum atomic E-state index is 12.7. The van der Waals surface area contributed by atoms with Crippen LogP contribution < -0.4 is 5.32 Å². The van der Waals surface area contributed by atoms with Crippen LogP contribution in [0.1, 0.15) is 47.2 Å². The summed E-state index contributed by atoms with van der Waals surface area (Å²) in [6.07, 6.45) is 3.64. The number of nitrogens with one attached hydrogen (secondary N) is 1. The molecule has 0 radical (unpaired) electrons. The van der Waals surface area contributed by atoms with Crippen LogP contribution in [-0.2, 0) is 16.6 Å². The molecule has 2 aromatic carbocycles. The van der Waals surface area contributed by atoms with E-state index in [0.29, 0.717) is 18.7 Å². The molecule has 2 fully saturated rings. The molecular formula is C24H31N3O3S. The first-order chi connectivity index (χ1) is 14.9. The third kappa shape index (κ3) is 5.17. The Balaban J connectivity index is 1.29. The molecule has 6 nitrogen and oxygen atoms in total. The van der Waals surface area contributed by atoms with E-state index in [0.717, 1.165) is 45.3 Å². The number of nitrogens with zero attached hydrogens (tertiary/aromatic N) is 2. The highest BCUT2D eigenvalue weighted by atomic mass is 32.2. The van der Waals surface area contributed by atoms with Gasteiger partial charge in [-0.15, -0.1) is 0 Å². The highest BCUT2D eigenvalue weighted by Gasteiger charge is 2.27. The van der Waals surface area contributed by atoms with Gasteiger partial charge in [-0.25, -0.2) is 8.42 Å². The zero-order valence-corrected chi connectivity index (χ0v) is 18.9. The molecule has 0 unspecified atom stereocenters. The summed E-state index contributed by atoms with van der Waals surface area (Å²) in [4.78, 5) is 15.4. The number of likely N-dealkylation sites (tertiary alicyclic amines) is 1. The Morgan fingerprint density at radius 3 is 2.26 bits per heavy atom. The van der Waals surface area contributed by atoms with Crippen LogP contribution in [0, 0.1) is 6.92 Å². The summed E-state index contributed by atoms with van der Waals surface area (Å²) in [6, 6.07) is 14.9. The van der Waals surface area contributed by atoms with Crippen LogP contribution in [0.5, 0.6) is 0 Å². The van der Waals surface area contributed by atoms with Gasteiger partial charge in [-0.3, -0.25) is 9.69 Å². The predicted octanol–water partition coefficient (Wildman–Crippen LogP) is 3.17. The van der Waals surface area contributed by atoms with Gasteiger partial charge in [0.05, 0.1) is 4.90 Å². The van der Waals surface area contributed by atoms with Gasteiger partial charge in [-0.1, -0.05) is 24.3 Å². The van der Waals surface area contributed by atoms with E-state index in [9.17, 15) is 13.2 Å². The number of piperidine rings is 1. The van der Waals surface area contributed by atoms with Crippen LogP contribution in [0.3, 0.4) is 0 Å². The van der Waals surface area contributed by atoms with Crippen molar-refractivity contribution in [2.45, 2.75) is 50.1 Å². The number of rotatable bonds is 6. The molecule has 31 heavy (non-hydrogen) atoms. The average molecular weight is 442 g/mol. The molecule has 0 aromatic heterocycles. The first kappa shape index (κ1) is 22.0. The van der Waals surface area contributed by atoms with Gasteiger partial charge in [0, 0.05) is 44.3 Å². The smallest absolute Gasteiger partial charge is 0.251 e. The molecular weight excluding hydrogens is 410 g/mol. The fraction of sp³-hybridized carbons (Fsp3) is 0.458. The third-order valence-corrected chi connectivity index (χ3v) is 8.31. The second kappa shape index (κ2) is 9.51. The molecule has 0 saturated carbocycles. The number of amides is 1. The van der Waals surface area contributed by atoms with Crippen LogP contribution in [0.4, 0.5) is 0 Å². The Bertz CT molecular complexity index is 1010. The molecule has 1 amide bonds. The number of carbonyl (C=O) groups is 1. The van der Waals surface area contributed by atoms with E-state index in [1.807, 2.05) is 0 Å². The van der Waals surface area contributed by atoms with Gasteiger partial charge in [-0.2, -0.15) is 4.31 Å². The molecule has 4 rings (SSSR count). The molecule has 2 aliphatic heterocycles. The zero-order valence-electron chi connectivity index (χ0n) is 18.1. The fourth-order valence-corrected chi connectivity index (χ4v) is 5.91. The SMILES string of the molecule is Cc1ccccc1CN1CCC(NC(=O)c2ccc(S(=O)(=O)N3CCCC3)cc2)CC1. The largest absolute Gasteiger partial charge is 0.349 e. The Kier molecular flexibility index (Phi) is 6.74. The Morgan fingerprint density at radius 1 is 0.968 bits per heavy atom. The molecule has 0 aliphatic carbocycles. The summed E-state index contributed by atoms with van der Waals surface area (Å²) in [5.41, 5.74) is 3.17. The summed E-state index contributed by atoms with van der Waals surface area (Å²) in [7, 11) is -3.45. The standard InChI is InChI=1S/C24H31N3O3S/c1-19-6-2-3-7-21(19)18-26-16-12-22(13-17-26)25-24(28)20-8-10-23(11-9-20)31(29,30)27-14-4-5-15-27/h2-3,6-11,22H,4-5,12-18H2,1H3,(H,25,28). The average Bonchev–Trinajstić information content (AvgIpc) is 3.33. The van der Waals surface area contributed by atoms with Crippen molar-refractivity contribution in [1.82, 2.24) is 14.5 Å². The van der Waals surface area contributed by atoms with Crippen molar-refractivity contribution < 1.29 is 13.2 Å². The minimum atomic E-state index is -3.45. The number of hydrogen-bond donors (Lipinski definition) is 1. The van der Waals surface area contributed by atoms with Crippen molar-refractivity contribution in [1.29, 1.82) is 0 Å². The van der Waals surface area contributed by atoms with Gasteiger partial charge in [0.1, 0.15) is 0 Å². The number of benzene rings is 2. The summed E-state index contributed by atoms with van der Waals surface area (Å²) < 4.78 is 26.8. The van der Waals surface area contributed by atoms with Crippen LogP contribution in [0.15, 0.2) is 53.4 Å². The number of aryl methyl sites for hydroxylation is 1. The lowest BCUT2D eigenvalue weighted by Crippen LogP contribution is -2.44. The first-order valence-electron chi connectivity index (χ1n) is 11.1. The van der Waals surface area contributed by atoms with Crippen LogP contribution in [0.25, 0.3) is 0 Å². The molecule has 2 heterocycles. The van der Waals surface area contributed by atoms with Gasteiger partial charge in [0.25, 0.3) is 5.91 Å². The second-order valence-corrected chi connectivity index (χ2v) is 10.5. The molecule has 1 N–H and O–H groups in total. The van der Waals surface area contributed by atoms with Gasteiger partial charge >= 0.3 is 0 Å². The van der Waals surface area contributed by atoms with E-state index in [-0.39, 0.29) is 16.8 Å². The monoisotopic (exact) mass is 441 g/mol. The van der Waals surface area contributed by atoms with Crippen molar-refractivity contribution in [3.63, 3.8) is 0 Å². The van der Waals surface area contributed by atoms with Crippen molar-refractivity contribution in [3.8, 4) is 0 Å². The topological polar surface area (TPSA) is 69.7 Å². The Morgan fingerprint density at radius 2 is 1.61 bits per heavy atom. The second-order valence-electron chi connectivity index (χ2n) is 8.59. The maximum absolute atomic E-state index is 12.7. The van der Waals surface area contributed by atoms with Gasteiger partial charge in [0.2, 0.25) is 10.0 Å². The Hall–Kier alpha value is -2.22. The van der Waals surface area contributed by atoms with Crippen molar-refractivity contribution >= 4 is 15.9 Å². The van der Waals surface area contributed by atoms with E-state index in [1.54, 1.807) is 24.3 Å². The molecule has 166 valence electrons. The van der Waals surface area contributed by atoms with E-state index in [1.165, 1.54) is 15.4 Å². The van der Waals surface area contributed by atoms with Gasteiger partial charge < -0.3 is 5.32 Å². The molecule has 2 aliphatic rings. The predicted molar refractivity (Wildman–Crippen MR) is 121 cm³/mol. The Labute approximate surface area is 185 Å². The molecule has 7 heteroatoms. The van der Waals surface area contributed by atoms with Gasteiger partial charge in [-0.05, 0) is 68.0 Å². The van der Waals surface area contributed by atoms with Crippen LogP contribution >= 0.6 is 0 Å². The van der Waals surface area contributed by atoms with E-state index in [4.69, 9.17) is 0 Å². The van der Waals surface area contributed by atoms with E-state index in [2.05, 4.69) is 41.4 Å². The zero-order chi connectivity index (χ0) is 21.8. The minimum absolute atomic E-state index is 0.137. The molecule has 0 atom stereocenters. The summed E-state index contributed by atoms with van der Waals surface area (Å²) in [6.45, 7) is 6.14. The summed E-state index contributed by atoms with van der Waals surface area (Å²) in [5, 5.41) is 3.12. The van der Waals surface area contributed by atoms with Crippen molar-refractivity contribution in [2.24, 2.45) is 0 Å². The van der Waals surface area contributed by atoms with Crippen LogP contribution in [-0.4, -0.2) is 55.8 Å². The molecule has 0 spiro atoms. The first-order valence-corrected chi connectivity index (χ1v) is 12.6. The fourth-order valence-electron chi connectivity index (χ4n) is 4.39. The summed E-state index contributed by atoms with van der Waals surface area (Å²) in [5.74, 6) is -0.137. The quantitative estimate of drug-likeness (QED) is 0.748. The van der Waals surface area contributed by atoms with Crippen LogP contribution in [0.2, 0.25) is 0 Å². The number of hydrogen-bond acceptors (Lipinski definition) is 4. The number of carbonyl (C=O) groups excluding carboxylic acids is 1. The highest BCUT2D eigenvalue weighted by Crippen LogP contribution is 2.21. The van der Waals surface area contributed by atoms with E-state index >= 15 is 0 Å². The highest BCUT2D eigenvalue weighted by molar-refractivity contribution is 7.89. The normalized spacial score (nSPS) is 18.9. The maximum Gasteiger partial charge on any atom is 0.251 e. The van der Waals surface area contributed by atoms with Crippen molar-refractivity contribution in [3.05, 3.63) is 65.2 Å². The lowest BCUT2D eigenvalue weighted by Gasteiger charge is -2.32. The van der Waals surface area contributed by atoms with E-state index < -0.39 is 10.0 Å². The minimum Gasteiger partial charge on any atom is -0.349 e. The molecule has 2 saturated heterocycles. The number of sulfonamides is 1. The molecule has 0 bridgehead atoms. The lowest BCUT2D eigenvalue weighted by atomic mass is 10.0. The van der Waals surface area contributed by atoms with Crippen molar-refractivity contribution in [2.75, 3.05) is 26.2 Å². The van der Waals surface area contributed by atoms with Gasteiger partial charge in [0.15, 0.2) is 0 Å². The molecule has 2 aromatic rings. The summed E-state index contributed by atoms with van der Waals surface area (Å²) >= 11 is 0. The lowest BCUT2D eigenvalue weighted by molar-refractivity contribution is 0.0909. The third-order valence-electron chi connectivity index (χ3n) is 6.40.